The van der Waals surface area contributed by atoms with E-state index in [1.165, 1.54) is 11.8 Å². The molecule has 0 bridgehead atoms. The minimum atomic E-state index is -3.09. The van der Waals surface area contributed by atoms with Crippen molar-refractivity contribution in [3.63, 3.8) is 0 Å². The number of carbonyl (C=O) groups is 1. The van der Waals surface area contributed by atoms with Gasteiger partial charge in [-0.3, -0.25) is 4.79 Å². The topological polar surface area (TPSA) is 66.8 Å². The molecule has 1 aromatic rings. The Hall–Kier alpha value is -0.760. The van der Waals surface area contributed by atoms with E-state index in [2.05, 4.69) is 4.99 Å². The third-order valence-corrected chi connectivity index (χ3v) is 7.36. The van der Waals surface area contributed by atoms with Gasteiger partial charge in [0.15, 0.2) is 15.0 Å². The predicted molar refractivity (Wildman–Crippen MR) is 95.5 cm³/mol. The molecule has 0 aromatic heterocycles. The van der Waals surface area contributed by atoms with Gasteiger partial charge in [-0.2, -0.15) is 4.99 Å². The lowest BCUT2D eigenvalue weighted by Crippen LogP contribution is -2.37. The van der Waals surface area contributed by atoms with Gasteiger partial charge in [-0.05, 0) is 18.2 Å². The molecule has 1 aromatic carbocycles. The Morgan fingerprint density at radius 3 is 2.57 bits per heavy atom. The van der Waals surface area contributed by atoms with E-state index < -0.39 is 9.84 Å². The van der Waals surface area contributed by atoms with Crippen LogP contribution in [0.1, 0.15) is 13.3 Å². The molecule has 0 aliphatic carbocycles. The van der Waals surface area contributed by atoms with E-state index >= 15 is 0 Å². The molecule has 2 aliphatic heterocycles. The zero-order chi connectivity index (χ0) is 16.8. The first kappa shape index (κ1) is 17.1. The number of sulfone groups is 1. The first-order valence-electron chi connectivity index (χ1n) is 7.03. The summed E-state index contributed by atoms with van der Waals surface area (Å²) in [7, 11) is -3.09. The lowest BCUT2D eigenvalue weighted by Gasteiger charge is -2.24. The van der Waals surface area contributed by atoms with E-state index in [0.29, 0.717) is 27.3 Å². The number of thioether (sulfide) groups is 1. The first-order chi connectivity index (χ1) is 10.8. The monoisotopic (exact) mass is 392 g/mol. The highest BCUT2D eigenvalue weighted by Gasteiger charge is 2.49. The van der Waals surface area contributed by atoms with Crippen LogP contribution in [0.2, 0.25) is 10.0 Å². The molecular weight excluding hydrogens is 379 g/mol. The fraction of sp³-hybridized carbons (Fsp3) is 0.429. The summed E-state index contributed by atoms with van der Waals surface area (Å²) in [6, 6.07) is 4.75. The van der Waals surface area contributed by atoms with E-state index in [9.17, 15) is 13.2 Å². The molecule has 9 heteroatoms. The minimum absolute atomic E-state index is 0.0358. The van der Waals surface area contributed by atoms with Gasteiger partial charge in [-0.25, -0.2) is 8.42 Å². The summed E-state index contributed by atoms with van der Waals surface area (Å²) in [5.74, 6) is -0.117. The SMILES string of the molecule is CCC(=O)N=C1S[C@H]2CS(=O)(=O)C[C@H]2N1c1cc(Cl)cc(Cl)c1. The summed E-state index contributed by atoms with van der Waals surface area (Å²) in [4.78, 5) is 17.6. The highest BCUT2D eigenvalue weighted by Crippen LogP contribution is 2.42. The Bertz CT molecular complexity index is 775. The van der Waals surface area contributed by atoms with Crippen LogP contribution in [0.3, 0.4) is 0 Å². The van der Waals surface area contributed by atoms with Crippen molar-refractivity contribution in [1.82, 2.24) is 0 Å². The third-order valence-electron chi connectivity index (χ3n) is 3.71. The molecule has 0 N–H and O–H groups in total. The number of anilines is 1. The minimum Gasteiger partial charge on any atom is -0.315 e. The Balaban J connectivity index is 2.06. The van der Waals surface area contributed by atoms with Crippen LogP contribution in [0, 0.1) is 0 Å². The number of nitrogens with zero attached hydrogens (tertiary/aromatic N) is 2. The van der Waals surface area contributed by atoms with Crippen molar-refractivity contribution in [2.45, 2.75) is 24.6 Å². The van der Waals surface area contributed by atoms with Gasteiger partial charge in [0.05, 0.1) is 17.5 Å². The highest BCUT2D eigenvalue weighted by molar-refractivity contribution is 8.16. The van der Waals surface area contributed by atoms with Gasteiger partial charge in [0, 0.05) is 27.4 Å². The molecular formula is C14H14Cl2N2O3S2. The first-order valence-corrected chi connectivity index (χ1v) is 10.5. The van der Waals surface area contributed by atoms with Crippen molar-refractivity contribution in [3.8, 4) is 0 Å². The Kier molecular flexibility index (Phi) is 4.66. The summed E-state index contributed by atoms with van der Waals surface area (Å²) in [5.41, 5.74) is 0.655. The maximum Gasteiger partial charge on any atom is 0.247 e. The van der Waals surface area contributed by atoms with Crippen LogP contribution < -0.4 is 4.90 Å². The highest BCUT2D eigenvalue weighted by atomic mass is 35.5. The van der Waals surface area contributed by atoms with Gasteiger partial charge < -0.3 is 4.90 Å². The van der Waals surface area contributed by atoms with Crippen molar-refractivity contribution >= 4 is 61.6 Å². The average Bonchev–Trinajstić information content (AvgIpc) is 2.88. The summed E-state index contributed by atoms with van der Waals surface area (Å²) < 4.78 is 23.9. The second-order valence-corrected chi connectivity index (χ2v) is 9.67. The van der Waals surface area contributed by atoms with Crippen LogP contribution in [0.25, 0.3) is 0 Å². The molecule has 0 radical (unpaired) electrons. The lowest BCUT2D eigenvalue weighted by atomic mass is 10.2. The predicted octanol–water partition coefficient (Wildman–Crippen LogP) is 3.00. The van der Waals surface area contributed by atoms with Gasteiger partial charge in [-0.15, -0.1) is 0 Å². The normalized spacial score (nSPS) is 27.4. The Morgan fingerprint density at radius 1 is 1.30 bits per heavy atom. The van der Waals surface area contributed by atoms with Crippen LogP contribution in [-0.4, -0.2) is 42.3 Å². The smallest absolute Gasteiger partial charge is 0.247 e. The second kappa shape index (κ2) is 6.27. The Labute approximate surface area is 149 Å². The van der Waals surface area contributed by atoms with E-state index in [4.69, 9.17) is 23.2 Å². The molecule has 0 spiro atoms. The molecule has 2 fully saturated rings. The average molecular weight is 393 g/mol. The molecule has 124 valence electrons. The summed E-state index contributed by atoms with van der Waals surface area (Å²) in [6.45, 7) is 1.73. The summed E-state index contributed by atoms with van der Waals surface area (Å²) in [6.07, 6.45) is 0.293. The standard InChI is InChI=1S/C14H14Cl2N2O3S2/c1-2-13(19)17-14-18(10-4-8(15)3-9(16)5-10)11-6-23(20,21)7-12(11)22-14/h3-5,11-12H,2,6-7H2,1H3/t11-,12+/m1/s1. The Morgan fingerprint density at radius 2 is 1.96 bits per heavy atom. The third kappa shape index (κ3) is 3.52. The van der Waals surface area contributed by atoms with Gasteiger partial charge in [0.25, 0.3) is 0 Å². The van der Waals surface area contributed by atoms with Crippen LogP contribution >= 0.6 is 35.0 Å². The van der Waals surface area contributed by atoms with Crippen LogP contribution in [0.15, 0.2) is 23.2 Å². The van der Waals surface area contributed by atoms with Crippen molar-refractivity contribution < 1.29 is 13.2 Å². The number of hydrogen-bond acceptors (Lipinski definition) is 4. The van der Waals surface area contributed by atoms with E-state index in [1.807, 2.05) is 0 Å². The van der Waals surface area contributed by atoms with E-state index in [1.54, 1.807) is 30.0 Å². The maximum absolute atomic E-state index is 11.9. The van der Waals surface area contributed by atoms with Gasteiger partial charge in [0.2, 0.25) is 5.91 Å². The number of carbonyl (C=O) groups excluding carboxylic acids is 1. The molecule has 2 aliphatic rings. The van der Waals surface area contributed by atoms with Crippen LogP contribution in [0.5, 0.6) is 0 Å². The number of halogens is 2. The lowest BCUT2D eigenvalue weighted by molar-refractivity contribution is -0.117. The number of fused-ring (bicyclic) bond motifs is 1. The molecule has 2 saturated heterocycles. The molecule has 1 amide bonds. The maximum atomic E-state index is 11.9. The van der Waals surface area contributed by atoms with Gasteiger partial charge >= 0.3 is 0 Å². The number of amidine groups is 1. The summed E-state index contributed by atoms with van der Waals surface area (Å²) in [5, 5.41) is 1.27. The quantitative estimate of drug-likeness (QED) is 0.773. The van der Waals surface area contributed by atoms with Crippen LogP contribution in [0.4, 0.5) is 5.69 Å². The molecule has 0 unspecified atom stereocenters. The fourth-order valence-corrected chi connectivity index (χ4v) is 7.18. The van der Waals surface area contributed by atoms with Gasteiger partial charge in [0.1, 0.15) is 0 Å². The number of amides is 1. The van der Waals surface area contributed by atoms with Crippen molar-refractivity contribution in [3.05, 3.63) is 28.2 Å². The number of hydrogen-bond donors (Lipinski definition) is 0. The molecule has 0 saturated carbocycles. The number of rotatable bonds is 2. The van der Waals surface area contributed by atoms with Crippen molar-refractivity contribution in [2.75, 3.05) is 16.4 Å². The fourth-order valence-electron chi connectivity index (χ4n) is 2.73. The largest absolute Gasteiger partial charge is 0.315 e. The molecule has 2 atom stereocenters. The number of aliphatic imine (C=N–C) groups is 1. The molecule has 5 nitrogen and oxygen atoms in total. The van der Waals surface area contributed by atoms with Crippen molar-refractivity contribution in [2.24, 2.45) is 4.99 Å². The van der Waals surface area contributed by atoms with E-state index in [0.717, 1.165) is 0 Å². The molecule has 3 rings (SSSR count). The molecule has 23 heavy (non-hydrogen) atoms. The number of benzene rings is 1. The van der Waals surface area contributed by atoms with Crippen molar-refractivity contribution in [1.29, 1.82) is 0 Å². The second-order valence-electron chi connectivity index (χ2n) is 5.44. The zero-order valence-corrected chi connectivity index (χ0v) is 15.3. The van der Waals surface area contributed by atoms with Gasteiger partial charge in [-0.1, -0.05) is 41.9 Å². The zero-order valence-electron chi connectivity index (χ0n) is 12.2. The molecule has 2 heterocycles. The summed E-state index contributed by atoms with van der Waals surface area (Å²) >= 11 is 13.5. The van der Waals surface area contributed by atoms with E-state index in [-0.39, 0.29) is 28.7 Å². The van der Waals surface area contributed by atoms with Crippen LogP contribution in [-0.2, 0) is 14.6 Å².